The molecule has 0 heterocycles. The molecule has 1 N–H and O–H groups in total. The van der Waals surface area contributed by atoms with Gasteiger partial charge < -0.3 is 5.11 Å². The van der Waals surface area contributed by atoms with E-state index in [4.69, 9.17) is 5.11 Å². The largest absolute Gasteiger partial charge is 0.522 e. The molecule has 1 aliphatic carbocycles. The van der Waals surface area contributed by atoms with Crippen molar-refractivity contribution in [2.45, 2.75) is 31.7 Å². The lowest BCUT2D eigenvalue weighted by molar-refractivity contribution is -0.341. The smallest absolute Gasteiger partial charge is 0.481 e. The summed E-state index contributed by atoms with van der Waals surface area (Å²) < 4.78 is 38.7. The molecule has 0 saturated heterocycles. The Morgan fingerprint density at radius 2 is 2.00 bits per heavy atom. The van der Waals surface area contributed by atoms with Gasteiger partial charge in [-0.05, 0) is 19.3 Å². The molecule has 0 aliphatic heterocycles. The van der Waals surface area contributed by atoms with Crippen molar-refractivity contribution in [2.75, 3.05) is 0 Å². The first-order chi connectivity index (χ1) is 5.88. The molecular weight excluding hydrogens is 189 g/mol. The van der Waals surface area contributed by atoms with Crippen LogP contribution in [0.1, 0.15) is 19.3 Å². The van der Waals surface area contributed by atoms with E-state index in [-0.39, 0.29) is 19.3 Å². The second-order valence-electron chi connectivity index (χ2n) is 3.03. The lowest BCUT2D eigenvalue weighted by atomic mass is 10.1. The van der Waals surface area contributed by atoms with E-state index in [9.17, 15) is 18.0 Å². The lowest BCUT2D eigenvalue weighted by Crippen LogP contribution is -2.22. The molecule has 0 aromatic heterocycles. The van der Waals surface area contributed by atoms with Gasteiger partial charge in [-0.3, -0.25) is 9.53 Å². The monoisotopic (exact) mass is 198 g/mol. The summed E-state index contributed by atoms with van der Waals surface area (Å²) in [5.74, 6) is -1.74. The van der Waals surface area contributed by atoms with E-state index >= 15 is 0 Å². The average molecular weight is 198 g/mol. The average Bonchev–Trinajstić information content (AvgIpc) is 2.31. The molecule has 2 atom stereocenters. The van der Waals surface area contributed by atoms with Gasteiger partial charge in [-0.1, -0.05) is 0 Å². The number of hydrogen-bond acceptors (Lipinski definition) is 2. The standard InChI is InChI=1S/C7H9F3O3/c8-7(9,10)13-5-2-1-4(3-5)6(11)12/h4-5H,1-3H2,(H,11,12). The fourth-order valence-electron chi connectivity index (χ4n) is 1.46. The van der Waals surface area contributed by atoms with Gasteiger partial charge in [-0.15, -0.1) is 13.2 Å². The van der Waals surface area contributed by atoms with Crippen LogP contribution in [0.25, 0.3) is 0 Å². The third-order valence-electron chi connectivity index (χ3n) is 2.03. The first-order valence-corrected chi connectivity index (χ1v) is 3.86. The Bertz CT molecular complexity index is 202. The predicted molar refractivity (Wildman–Crippen MR) is 35.9 cm³/mol. The molecule has 1 aliphatic rings. The van der Waals surface area contributed by atoms with E-state index in [1.165, 1.54) is 0 Å². The number of carboxylic acid groups (broad SMARTS) is 1. The molecule has 3 nitrogen and oxygen atoms in total. The number of rotatable bonds is 2. The topological polar surface area (TPSA) is 46.5 Å². The van der Waals surface area contributed by atoms with Gasteiger partial charge in [0.25, 0.3) is 0 Å². The lowest BCUT2D eigenvalue weighted by Gasteiger charge is -2.13. The van der Waals surface area contributed by atoms with Crippen LogP contribution in [0.3, 0.4) is 0 Å². The van der Waals surface area contributed by atoms with Crippen LogP contribution in [0.2, 0.25) is 0 Å². The van der Waals surface area contributed by atoms with E-state index in [1.54, 1.807) is 0 Å². The highest BCUT2D eigenvalue weighted by Gasteiger charge is 2.38. The Hall–Kier alpha value is -0.780. The number of halogens is 3. The number of ether oxygens (including phenoxy) is 1. The molecule has 1 saturated carbocycles. The zero-order chi connectivity index (χ0) is 10.1. The summed E-state index contributed by atoms with van der Waals surface area (Å²) in [6, 6.07) is 0. The SMILES string of the molecule is O=C(O)C1CCC(OC(F)(F)F)C1. The second-order valence-corrected chi connectivity index (χ2v) is 3.03. The van der Waals surface area contributed by atoms with Gasteiger partial charge in [0, 0.05) is 0 Å². The predicted octanol–water partition coefficient (Wildman–Crippen LogP) is 1.78. The first-order valence-electron chi connectivity index (χ1n) is 3.86. The highest BCUT2D eigenvalue weighted by molar-refractivity contribution is 5.70. The zero-order valence-corrected chi connectivity index (χ0v) is 6.67. The Labute approximate surface area is 72.5 Å². The minimum absolute atomic E-state index is 0.0468. The number of alkyl halides is 3. The maximum atomic E-state index is 11.7. The summed E-state index contributed by atoms with van der Waals surface area (Å²) in [4.78, 5) is 10.4. The van der Waals surface area contributed by atoms with Crippen LogP contribution in [0.15, 0.2) is 0 Å². The molecule has 1 rings (SSSR count). The molecule has 0 radical (unpaired) electrons. The number of carboxylic acids is 1. The number of carbonyl (C=O) groups is 1. The number of hydrogen-bond donors (Lipinski definition) is 1. The summed E-state index contributed by atoms with van der Waals surface area (Å²) in [6.45, 7) is 0. The van der Waals surface area contributed by atoms with Crippen molar-refractivity contribution in [3.8, 4) is 0 Å². The molecule has 76 valence electrons. The molecule has 1 fully saturated rings. The first kappa shape index (κ1) is 10.3. The quantitative estimate of drug-likeness (QED) is 0.735. The van der Waals surface area contributed by atoms with Gasteiger partial charge >= 0.3 is 12.3 Å². The van der Waals surface area contributed by atoms with E-state index in [0.29, 0.717) is 0 Å². The van der Waals surface area contributed by atoms with Crippen molar-refractivity contribution in [3.05, 3.63) is 0 Å². The van der Waals surface area contributed by atoms with Gasteiger partial charge in [-0.2, -0.15) is 0 Å². The van der Waals surface area contributed by atoms with Gasteiger partial charge in [0.1, 0.15) is 0 Å². The molecule has 0 bridgehead atoms. The van der Waals surface area contributed by atoms with Crippen LogP contribution in [-0.4, -0.2) is 23.5 Å². The van der Waals surface area contributed by atoms with Crippen molar-refractivity contribution in [3.63, 3.8) is 0 Å². The van der Waals surface area contributed by atoms with Crippen molar-refractivity contribution >= 4 is 5.97 Å². The Kier molecular flexibility index (Phi) is 2.80. The summed E-state index contributed by atoms with van der Waals surface area (Å²) in [7, 11) is 0. The Morgan fingerprint density at radius 1 is 1.38 bits per heavy atom. The van der Waals surface area contributed by atoms with E-state index in [2.05, 4.69) is 4.74 Å². The molecule has 0 aromatic carbocycles. The number of aliphatic carboxylic acids is 1. The van der Waals surface area contributed by atoms with Gasteiger partial charge in [0.05, 0.1) is 12.0 Å². The van der Waals surface area contributed by atoms with Gasteiger partial charge in [0.15, 0.2) is 0 Å². The maximum Gasteiger partial charge on any atom is 0.522 e. The van der Waals surface area contributed by atoms with Gasteiger partial charge in [0.2, 0.25) is 0 Å². The fraction of sp³-hybridized carbons (Fsp3) is 0.857. The molecule has 2 unspecified atom stereocenters. The summed E-state index contributed by atoms with van der Waals surface area (Å²) in [5, 5.41) is 8.49. The van der Waals surface area contributed by atoms with Crippen LogP contribution >= 0.6 is 0 Å². The third kappa shape index (κ3) is 3.22. The minimum Gasteiger partial charge on any atom is -0.481 e. The molecule has 0 aromatic rings. The third-order valence-corrected chi connectivity index (χ3v) is 2.03. The Balaban J connectivity index is 2.38. The van der Waals surface area contributed by atoms with Crippen LogP contribution < -0.4 is 0 Å². The molecule has 13 heavy (non-hydrogen) atoms. The second kappa shape index (κ2) is 3.53. The summed E-state index contributed by atoms with van der Waals surface area (Å²) in [6.07, 6.45) is -5.26. The summed E-state index contributed by atoms with van der Waals surface area (Å²) in [5.41, 5.74) is 0. The minimum atomic E-state index is -4.65. The van der Waals surface area contributed by atoms with E-state index in [0.717, 1.165) is 0 Å². The van der Waals surface area contributed by atoms with Crippen molar-refractivity contribution in [1.82, 2.24) is 0 Å². The van der Waals surface area contributed by atoms with Crippen LogP contribution in [0.5, 0.6) is 0 Å². The normalized spacial score (nSPS) is 29.2. The van der Waals surface area contributed by atoms with Crippen molar-refractivity contribution in [2.24, 2.45) is 5.92 Å². The van der Waals surface area contributed by atoms with Gasteiger partial charge in [-0.25, -0.2) is 0 Å². The molecular formula is C7H9F3O3. The van der Waals surface area contributed by atoms with Crippen molar-refractivity contribution in [1.29, 1.82) is 0 Å². The van der Waals surface area contributed by atoms with E-state index < -0.39 is 24.4 Å². The van der Waals surface area contributed by atoms with Crippen molar-refractivity contribution < 1.29 is 27.8 Å². The molecule has 0 amide bonds. The van der Waals surface area contributed by atoms with Crippen LogP contribution in [0, 0.1) is 5.92 Å². The fourth-order valence-corrected chi connectivity index (χ4v) is 1.46. The van der Waals surface area contributed by atoms with E-state index in [1.807, 2.05) is 0 Å². The maximum absolute atomic E-state index is 11.7. The summed E-state index contributed by atoms with van der Waals surface area (Å²) >= 11 is 0. The molecule has 6 heteroatoms. The Morgan fingerprint density at radius 3 is 2.38 bits per heavy atom. The van der Waals surface area contributed by atoms with Crippen LogP contribution in [0.4, 0.5) is 13.2 Å². The zero-order valence-electron chi connectivity index (χ0n) is 6.67. The molecule has 0 spiro atoms. The highest BCUT2D eigenvalue weighted by Crippen LogP contribution is 2.32. The highest BCUT2D eigenvalue weighted by atomic mass is 19.4. The van der Waals surface area contributed by atoms with Crippen LogP contribution in [-0.2, 0) is 9.53 Å².